The zero-order chi connectivity index (χ0) is 12.4. The Bertz CT molecular complexity index is 586. The van der Waals surface area contributed by atoms with Crippen LogP contribution in [0.5, 0.6) is 0 Å². The van der Waals surface area contributed by atoms with Gasteiger partial charge in [0.15, 0.2) is 0 Å². The first-order valence-corrected chi connectivity index (χ1v) is 6.30. The van der Waals surface area contributed by atoms with Crippen molar-refractivity contribution in [3.8, 4) is 0 Å². The third-order valence-electron chi connectivity index (χ3n) is 2.37. The van der Waals surface area contributed by atoms with E-state index in [-0.39, 0.29) is 11.2 Å². The number of aromatic amines is 1. The van der Waals surface area contributed by atoms with Crippen LogP contribution in [0.2, 0.25) is 5.15 Å². The Hall–Kier alpha value is -1.40. The average molecular weight is 272 g/mol. The average Bonchev–Trinajstić information content (AvgIpc) is 2.76. The Morgan fingerprint density at radius 2 is 2.35 bits per heavy atom. The van der Waals surface area contributed by atoms with Gasteiger partial charge in [-0.2, -0.15) is 0 Å². The summed E-state index contributed by atoms with van der Waals surface area (Å²) in [7, 11) is 0. The Morgan fingerprint density at radius 1 is 1.59 bits per heavy atom. The third kappa shape index (κ3) is 2.32. The maximum Gasteiger partial charge on any atom is 0.330 e. The van der Waals surface area contributed by atoms with E-state index in [4.69, 9.17) is 11.6 Å². The van der Waals surface area contributed by atoms with Gasteiger partial charge in [-0.25, -0.2) is 9.78 Å². The van der Waals surface area contributed by atoms with Crippen LogP contribution in [0.25, 0.3) is 0 Å². The van der Waals surface area contributed by atoms with Gasteiger partial charge < -0.3 is 0 Å². The van der Waals surface area contributed by atoms with E-state index < -0.39 is 11.2 Å². The number of H-pyrrole nitrogens is 1. The lowest BCUT2D eigenvalue weighted by molar-refractivity contribution is 0.519. The molecule has 0 aliphatic rings. The molecule has 0 saturated heterocycles. The summed E-state index contributed by atoms with van der Waals surface area (Å²) in [4.78, 5) is 30.1. The molecule has 1 unspecified atom stereocenters. The van der Waals surface area contributed by atoms with Crippen molar-refractivity contribution in [3.05, 3.63) is 48.6 Å². The lowest BCUT2D eigenvalue weighted by atomic mass is 10.2. The number of hydrogen-bond donors (Lipinski definition) is 1. The lowest BCUT2D eigenvalue weighted by Gasteiger charge is -2.13. The zero-order valence-electron chi connectivity index (χ0n) is 9.01. The molecule has 2 rings (SSSR count). The van der Waals surface area contributed by atoms with E-state index in [0.717, 1.165) is 9.57 Å². The van der Waals surface area contributed by atoms with Gasteiger partial charge in [0.05, 0.1) is 6.04 Å². The third-order valence-corrected chi connectivity index (χ3v) is 3.45. The highest BCUT2D eigenvalue weighted by Crippen LogP contribution is 2.20. The first-order chi connectivity index (χ1) is 8.13. The SMILES string of the molecule is CCC(c1nccs1)n1c(=O)cc(Cl)[nH]c1=O. The predicted octanol–water partition coefficient (Wildman–Crippen LogP) is 1.65. The van der Waals surface area contributed by atoms with Gasteiger partial charge >= 0.3 is 5.69 Å². The first kappa shape index (κ1) is 12.1. The summed E-state index contributed by atoms with van der Waals surface area (Å²) in [5.41, 5.74) is -0.926. The smallest absolute Gasteiger partial charge is 0.298 e. The van der Waals surface area contributed by atoms with Crippen LogP contribution in [0.1, 0.15) is 24.4 Å². The van der Waals surface area contributed by atoms with Crippen LogP contribution >= 0.6 is 22.9 Å². The molecule has 1 N–H and O–H groups in total. The molecule has 0 aromatic carbocycles. The molecule has 5 nitrogen and oxygen atoms in total. The summed E-state index contributed by atoms with van der Waals surface area (Å²) in [5, 5.41) is 2.60. The molecule has 7 heteroatoms. The minimum absolute atomic E-state index is 0.0465. The molecular weight excluding hydrogens is 262 g/mol. The summed E-state index contributed by atoms with van der Waals surface area (Å²) in [6.45, 7) is 1.90. The molecule has 0 aliphatic carbocycles. The quantitative estimate of drug-likeness (QED) is 0.863. The molecule has 0 aliphatic heterocycles. The van der Waals surface area contributed by atoms with Gasteiger partial charge in [0.1, 0.15) is 10.2 Å². The van der Waals surface area contributed by atoms with E-state index in [9.17, 15) is 9.59 Å². The first-order valence-electron chi connectivity index (χ1n) is 5.04. The van der Waals surface area contributed by atoms with Gasteiger partial charge in [-0.3, -0.25) is 14.3 Å². The number of hydrogen-bond acceptors (Lipinski definition) is 4. The van der Waals surface area contributed by atoms with Crippen LogP contribution in [0.3, 0.4) is 0 Å². The molecule has 0 spiro atoms. The van der Waals surface area contributed by atoms with Crippen molar-refractivity contribution in [1.82, 2.24) is 14.5 Å². The van der Waals surface area contributed by atoms with Gasteiger partial charge in [-0.05, 0) is 6.42 Å². The number of halogens is 1. The summed E-state index contributed by atoms with van der Waals surface area (Å²) >= 11 is 7.03. The topological polar surface area (TPSA) is 67.8 Å². The van der Waals surface area contributed by atoms with Crippen molar-refractivity contribution in [2.45, 2.75) is 19.4 Å². The van der Waals surface area contributed by atoms with Gasteiger partial charge in [0, 0.05) is 17.6 Å². The normalized spacial score (nSPS) is 12.6. The van der Waals surface area contributed by atoms with Gasteiger partial charge in [0.2, 0.25) is 0 Å². The highest BCUT2D eigenvalue weighted by Gasteiger charge is 2.18. The number of nitrogens with zero attached hydrogens (tertiary/aromatic N) is 2. The lowest BCUT2D eigenvalue weighted by Crippen LogP contribution is -2.37. The van der Waals surface area contributed by atoms with E-state index >= 15 is 0 Å². The standard InChI is InChI=1S/C10H10ClN3O2S/c1-2-6(9-12-3-4-17-9)14-8(15)5-7(11)13-10(14)16/h3-6H,2H2,1H3,(H,13,16). The largest absolute Gasteiger partial charge is 0.330 e. The molecule has 0 amide bonds. The molecule has 0 radical (unpaired) electrons. The van der Waals surface area contributed by atoms with E-state index in [1.54, 1.807) is 6.20 Å². The predicted molar refractivity (Wildman–Crippen MR) is 66.9 cm³/mol. The van der Waals surface area contributed by atoms with Crippen LogP contribution < -0.4 is 11.2 Å². The Morgan fingerprint density at radius 3 is 2.88 bits per heavy atom. The van der Waals surface area contributed by atoms with E-state index in [2.05, 4.69) is 9.97 Å². The molecule has 1 atom stereocenters. The molecule has 0 fully saturated rings. The Kier molecular flexibility index (Phi) is 3.44. The summed E-state index contributed by atoms with van der Waals surface area (Å²) in [6, 6.07) is 0.850. The van der Waals surface area contributed by atoms with E-state index in [1.165, 1.54) is 17.4 Å². The monoisotopic (exact) mass is 271 g/mol. The van der Waals surface area contributed by atoms with Crippen molar-refractivity contribution < 1.29 is 0 Å². The maximum atomic E-state index is 11.8. The highest BCUT2D eigenvalue weighted by atomic mass is 35.5. The molecule has 90 valence electrons. The molecule has 2 aromatic heterocycles. The molecule has 0 bridgehead atoms. The van der Waals surface area contributed by atoms with Gasteiger partial charge in [0.25, 0.3) is 5.56 Å². The number of rotatable bonds is 3. The van der Waals surface area contributed by atoms with Crippen molar-refractivity contribution in [3.63, 3.8) is 0 Å². The second kappa shape index (κ2) is 4.85. The second-order valence-electron chi connectivity index (χ2n) is 3.43. The zero-order valence-corrected chi connectivity index (χ0v) is 10.6. The van der Waals surface area contributed by atoms with Gasteiger partial charge in [-0.15, -0.1) is 11.3 Å². The van der Waals surface area contributed by atoms with Crippen molar-refractivity contribution in [2.24, 2.45) is 0 Å². The van der Waals surface area contributed by atoms with E-state index in [0.29, 0.717) is 6.42 Å². The van der Waals surface area contributed by atoms with Crippen LogP contribution in [0.4, 0.5) is 0 Å². The molecule has 17 heavy (non-hydrogen) atoms. The van der Waals surface area contributed by atoms with Crippen molar-refractivity contribution >= 4 is 22.9 Å². The van der Waals surface area contributed by atoms with E-state index in [1.807, 2.05) is 12.3 Å². The van der Waals surface area contributed by atoms with Crippen LogP contribution in [0, 0.1) is 0 Å². The minimum atomic E-state index is -0.510. The van der Waals surface area contributed by atoms with Gasteiger partial charge in [-0.1, -0.05) is 18.5 Å². The number of nitrogens with one attached hydrogen (secondary N) is 1. The highest BCUT2D eigenvalue weighted by molar-refractivity contribution is 7.09. The number of aromatic nitrogens is 3. The Balaban J connectivity index is 2.60. The minimum Gasteiger partial charge on any atom is -0.298 e. The maximum absolute atomic E-state index is 11.8. The summed E-state index contributed by atoms with van der Waals surface area (Å²) < 4.78 is 1.14. The summed E-state index contributed by atoms with van der Waals surface area (Å²) in [5.74, 6) is 0. The van der Waals surface area contributed by atoms with Crippen LogP contribution in [-0.4, -0.2) is 14.5 Å². The number of thiazole rings is 1. The Labute approximate surface area is 106 Å². The molecular formula is C10H10ClN3O2S. The fourth-order valence-corrected chi connectivity index (χ4v) is 2.62. The fourth-order valence-electron chi connectivity index (χ4n) is 1.64. The van der Waals surface area contributed by atoms with Crippen LogP contribution in [0.15, 0.2) is 27.2 Å². The molecule has 0 saturated carbocycles. The fraction of sp³-hybridized carbons (Fsp3) is 0.300. The molecule has 2 aromatic rings. The summed E-state index contributed by atoms with van der Waals surface area (Å²) in [6.07, 6.45) is 2.26. The van der Waals surface area contributed by atoms with Crippen LogP contribution in [-0.2, 0) is 0 Å². The molecule has 2 heterocycles. The second-order valence-corrected chi connectivity index (χ2v) is 4.76. The van der Waals surface area contributed by atoms with Crippen molar-refractivity contribution in [1.29, 1.82) is 0 Å². The van der Waals surface area contributed by atoms with Crippen molar-refractivity contribution in [2.75, 3.05) is 0 Å².